The summed E-state index contributed by atoms with van der Waals surface area (Å²) >= 11 is 0. The van der Waals surface area contributed by atoms with Crippen LogP contribution in [0, 0.1) is 0 Å². The van der Waals surface area contributed by atoms with Gasteiger partial charge >= 0.3 is 5.97 Å². The highest BCUT2D eigenvalue weighted by Crippen LogP contribution is 2.24. The van der Waals surface area contributed by atoms with E-state index >= 15 is 0 Å². The van der Waals surface area contributed by atoms with Crippen molar-refractivity contribution in [1.29, 1.82) is 0 Å². The Bertz CT molecular complexity index is 342. The van der Waals surface area contributed by atoms with Crippen molar-refractivity contribution in [2.45, 2.75) is 25.3 Å². The van der Waals surface area contributed by atoms with Crippen LogP contribution in [0.1, 0.15) is 24.5 Å². The Balaban J connectivity index is 2.02. The molecule has 0 atom stereocenters. The van der Waals surface area contributed by atoms with Gasteiger partial charge in [0, 0.05) is 25.3 Å². The Hall–Kier alpha value is -1.36. The molecule has 1 aromatic heterocycles. The SMILES string of the molecule is O=C(O)Cn1ccc(C2CCOCC2)n1. The van der Waals surface area contributed by atoms with Gasteiger partial charge in [-0.15, -0.1) is 0 Å². The lowest BCUT2D eigenvalue weighted by molar-refractivity contribution is -0.137. The minimum Gasteiger partial charge on any atom is -0.480 e. The van der Waals surface area contributed by atoms with E-state index in [1.54, 1.807) is 6.20 Å². The maximum absolute atomic E-state index is 10.5. The number of rotatable bonds is 3. The minimum absolute atomic E-state index is 0.0663. The lowest BCUT2D eigenvalue weighted by Gasteiger charge is -2.19. The highest BCUT2D eigenvalue weighted by Gasteiger charge is 2.18. The van der Waals surface area contributed by atoms with E-state index in [0.717, 1.165) is 31.7 Å². The molecule has 5 nitrogen and oxygen atoms in total. The number of ether oxygens (including phenoxy) is 1. The minimum atomic E-state index is -0.864. The zero-order valence-electron chi connectivity index (χ0n) is 8.43. The molecule has 5 heteroatoms. The molecule has 1 N–H and O–H groups in total. The van der Waals surface area contributed by atoms with Crippen molar-refractivity contribution < 1.29 is 14.6 Å². The second-order valence-corrected chi connectivity index (χ2v) is 3.72. The van der Waals surface area contributed by atoms with Crippen molar-refractivity contribution in [3.8, 4) is 0 Å². The van der Waals surface area contributed by atoms with Crippen LogP contribution in [0.2, 0.25) is 0 Å². The van der Waals surface area contributed by atoms with Crippen LogP contribution in [0.3, 0.4) is 0 Å². The van der Waals surface area contributed by atoms with Crippen LogP contribution in [0.25, 0.3) is 0 Å². The average molecular weight is 210 g/mol. The lowest BCUT2D eigenvalue weighted by atomic mass is 9.97. The molecular formula is C10H14N2O3. The molecule has 2 heterocycles. The van der Waals surface area contributed by atoms with Crippen LogP contribution in [-0.2, 0) is 16.1 Å². The highest BCUT2D eigenvalue weighted by atomic mass is 16.5. The number of aromatic nitrogens is 2. The van der Waals surface area contributed by atoms with Gasteiger partial charge < -0.3 is 9.84 Å². The smallest absolute Gasteiger partial charge is 0.325 e. The molecule has 82 valence electrons. The van der Waals surface area contributed by atoms with Crippen LogP contribution in [0.5, 0.6) is 0 Å². The molecule has 0 amide bonds. The van der Waals surface area contributed by atoms with E-state index in [9.17, 15) is 4.79 Å². The van der Waals surface area contributed by atoms with Crippen molar-refractivity contribution in [3.63, 3.8) is 0 Å². The van der Waals surface area contributed by atoms with Gasteiger partial charge in [0.1, 0.15) is 6.54 Å². The van der Waals surface area contributed by atoms with E-state index in [0.29, 0.717) is 5.92 Å². The summed E-state index contributed by atoms with van der Waals surface area (Å²) in [6, 6.07) is 1.90. The maximum Gasteiger partial charge on any atom is 0.325 e. The monoisotopic (exact) mass is 210 g/mol. The number of carboxylic acid groups (broad SMARTS) is 1. The third-order valence-electron chi connectivity index (χ3n) is 2.60. The van der Waals surface area contributed by atoms with Gasteiger partial charge in [-0.2, -0.15) is 5.10 Å². The fraction of sp³-hybridized carbons (Fsp3) is 0.600. The topological polar surface area (TPSA) is 64.3 Å². The predicted molar refractivity (Wildman–Crippen MR) is 52.7 cm³/mol. The third kappa shape index (κ3) is 2.56. The molecule has 0 spiro atoms. The summed E-state index contributed by atoms with van der Waals surface area (Å²) in [5, 5.41) is 12.9. The second kappa shape index (κ2) is 4.44. The standard InChI is InChI=1S/C10H14N2O3/c13-10(14)7-12-4-1-9(11-12)8-2-5-15-6-3-8/h1,4,8H,2-3,5-7H2,(H,13,14). The average Bonchev–Trinajstić information content (AvgIpc) is 2.67. The molecule has 1 aromatic rings. The fourth-order valence-electron chi connectivity index (χ4n) is 1.82. The van der Waals surface area contributed by atoms with Gasteiger partial charge in [0.2, 0.25) is 0 Å². The molecule has 1 fully saturated rings. The van der Waals surface area contributed by atoms with Crippen LogP contribution in [0.15, 0.2) is 12.3 Å². The Labute approximate surface area is 87.7 Å². The number of carbonyl (C=O) groups is 1. The molecule has 2 rings (SSSR count). The Morgan fingerprint density at radius 3 is 3.00 bits per heavy atom. The van der Waals surface area contributed by atoms with E-state index in [1.807, 2.05) is 6.07 Å². The van der Waals surface area contributed by atoms with Crippen molar-refractivity contribution in [3.05, 3.63) is 18.0 Å². The number of carboxylic acids is 1. The van der Waals surface area contributed by atoms with Crippen molar-refractivity contribution in [2.24, 2.45) is 0 Å². The van der Waals surface area contributed by atoms with Crippen molar-refractivity contribution >= 4 is 5.97 Å². The van der Waals surface area contributed by atoms with Gasteiger partial charge in [0.05, 0.1) is 5.69 Å². The van der Waals surface area contributed by atoms with E-state index < -0.39 is 5.97 Å². The van der Waals surface area contributed by atoms with Crippen molar-refractivity contribution in [2.75, 3.05) is 13.2 Å². The van der Waals surface area contributed by atoms with E-state index in [1.165, 1.54) is 4.68 Å². The summed E-state index contributed by atoms with van der Waals surface area (Å²) < 4.78 is 6.73. The van der Waals surface area contributed by atoms with Gasteiger partial charge in [-0.1, -0.05) is 0 Å². The summed E-state index contributed by atoms with van der Waals surface area (Å²) in [5.41, 5.74) is 0.986. The fourth-order valence-corrected chi connectivity index (χ4v) is 1.82. The first-order valence-electron chi connectivity index (χ1n) is 5.08. The summed E-state index contributed by atoms with van der Waals surface area (Å²) in [4.78, 5) is 10.5. The first-order chi connectivity index (χ1) is 7.25. The van der Waals surface area contributed by atoms with Crippen molar-refractivity contribution in [1.82, 2.24) is 9.78 Å². The van der Waals surface area contributed by atoms with Gasteiger partial charge in [-0.3, -0.25) is 9.48 Å². The van der Waals surface area contributed by atoms with E-state index in [4.69, 9.17) is 9.84 Å². The molecule has 1 aliphatic rings. The molecule has 1 saturated heterocycles. The van der Waals surface area contributed by atoms with Crippen LogP contribution in [0.4, 0.5) is 0 Å². The maximum atomic E-state index is 10.5. The van der Waals surface area contributed by atoms with Gasteiger partial charge in [-0.25, -0.2) is 0 Å². The zero-order valence-corrected chi connectivity index (χ0v) is 8.43. The molecule has 1 aliphatic heterocycles. The predicted octanol–water partition coefficient (Wildman–Crippen LogP) is 0.862. The van der Waals surface area contributed by atoms with Gasteiger partial charge in [0.25, 0.3) is 0 Å². The Morgan fingerprint density at radius 2 is 2.33 bits per heavy atom. The summed E-state index contributed by atoms with van der Waals surface area (Å²) in [6.45, 7) is 1.48. The number of hydrogen-bond acceptors (Lipinski definition) is 3. The number of hydrogen-bond donors (Lipinski definition) is 1. The second-order valence-electron chi connectivity index (χ2n) is 3.72. The van der Waals surface area contributed by atoms with E-state index in [2.05, 4.69) is 5.10 Å². The Morgan fingerprint density at radius 1 is 1.60 bits per heavy atom. The van der Waals surface area contributed by atoms with Crippen LogP contribution in [-0.4, -0.2) is 34.1 Å². The first-order valence-corrected chi connectivity index (χ1v) is 5.08. The lowest BCUT2D eigenvalue weighted by Crippen LogP contribution is -2.15. The van der Waals surface area contributed by atoms with E-state index in [-0.39, 0.29) is 6.54 Å². The molecule has 0 aliphatic carbocycles. The first kappa shape index (κ1) is 10.2. The summed E-state index contributed by atoms with van der Waals surface area (Å²) in [7, 11) is 0. The molecular weight excluding hydrogens is 196 g/mol. The van der Waals surface area contributed by atoms with Gasteiger partial charge in [-0.05, 0) is 18.9 Å². The van der Waals surface area contributed by atoms with Gasteiger partial charge in [0.15, 0.2) is 0 Å². The van der Waals surface area contributed by atoms with Crippen LogP contribution < -0.4 is 0 Å². The number of aliphatic carboxylic acids is 1. The number of nitrogens with zero attached hydrogens (tertiary/aromatic N) is 2. The Kier molecular flexibility index (Phi) is 3.01. The molecule has 0 bridgehead atoms. The quantitative estimate of drug-likeness (QED) is 0.803. The molecule has 15 heavy (non-hydrogen) atoms. The normalized spacial score (nSPS) is 17.9. The largest absolute Gasteiger partial charge is 0.480 e. The molecule has 0 radical (unpaired) electrons. The highest BCUT2D eigenvalue weighted by molar-refractivity contribution is 5.66. The van der Waals surface area contributed by atoms with Crippen LogP contribution >= 0.6 is 0 Å². The summed E-state index contributed by atoms with van der Waals surface area (Å²) in [6.07, 6.45) is 3.67. The third-order valence-corrected chi connectivity index (χ3v) is 2.60. The zero-order chi connectivity index (χ0) is 10.7. The molecule has 0 aromatic carbocycles. The molecule has 0 saturated carbocycles. The molecule has 0 unspecified atom stereocenters. The summed E-state index contributed by atoms with van der Waals surface area (Å²) in [5.74, 6) is -0.439.